The first kappa shape index (κ1) is 14.1. The fourth-order valence-electron chi connectivity index (χ4n) is 1.73. The number of carbonyl (C=O) groups is 1. The third-order valence-corrected chi connectivity index (χ3v) is 2.76. The van der Waals surface area contributed by atoms with Crippen molar-refractivity contribution in [3.8, 4) is 23.6 Å². The average molecular weight is 278 g/mol. The second-order valence-corrected chi connectivity index (χ2v) is 4.02. The summed E-state index contributed by atoms with van der Waals surface area (Å²) in [5, 5.41) is 18.1. The maximum Gasteiger partial charge on any atom is 0.337 e. The molecule has 0 aliphatic carbocycles. The van der Waals surface area contributed by atoms with Crippen LogP contribution in [-0.2, 0) is 4.74 Å². The lowest BCUT2D eigenvalue weighted by Gasteiger charge is -2.08. The first-order chi connectivity index (χ1) is 10.2. The highest BCUT2D eigenvalue weighted by Gasteiger charge is 2.10. The van der Waals surface area contributed by atoms with E-state index in [2.05, 4.69) is 4.74 Å². The van der Waals surface area contributed by atoms with Crippen molar-refractivity contribution in [3.63, 3.8) is 0 Å². The minimum Gasteiger partial charge on any atom is -0.465 e. The standard InChI is InChI=1S/C16H10N2O3/c1-20-16(19)11-5-7-13(8-6-11)21-15-4-2-3-12(9-17)14(15)10-18/h2-8H,1H3. The van der Waals surface area contributed by atoms with Crippen LogP contribution in [0.4, 0.5) is 0 Å². The first-order valence-corrected chi connectivity index (χ1v) is 5.99. The van der Waals surface area contributed by atoms with Gasteiger partial charge < -0.3 is 9.47 Å². The number of methoxy groups -OCH3 is 1. The van der Waals surface area contributed by atoms with Crippen LogP contribution in [0, 0.1) is 22.7 Å². The molecule has 0 N–H and O–H groups in total. The van der Waals surface area contributed by atoms with Crippen molar-refractivity contribution in [2.24, 2.45) is 0 Å². The minimum absolute atomic E-state index is 0.178. The maximum atomic E-state index is 11.3. The molecular weight excluding hydrogens is 268 g/mol. The molecule has 0 heterocycles. The van der Waals surface area contributed by atoms with Crippen LogP contribution in [0.25, 0.3) is 0 Å². The molecule has 21 heavy (non-hydrogen) atoms. The van der Waals surface area contributed by atoms with Crippen LogP contribution in [0.2, 0.25) is 0 Å². The molecule has 0 saturated carbocycles. The predicted octanol–water partition coefficient (Wildman–Crippen LogP) is 3.01. The Morgan fingerprint density at radius 2 is 1.76 bits per heavy atom. The topological polar surface area (TPSA) is 83.1 Å². The summed E-state index contributed by atoms with van der Waals surface area (Å²) in [4.78, 5) is 11.3. The Kier molecular flexibility index (Phi) is 4.18. The molecule has 0 bridgehead atoms. The lowest BCUT2D eigenvalue weighted by Crippen LogP contribution is -2.00. The lowest BCUT2D eigenvalue weighted by molar-refractivity contribution is 0.0600. The van der Waals surface area contributed by atoms with E-state index in [-0.39, 0.29) is 11.1 Å². The normalized spacial score (nSPS) is 9.29. The van der Waals surface area contributed by atoms with Gasteiger partial charge in [0.2, 0.25) is 0 Å². The van der Waals surface area contributed by atoms with Gasteiger partial charge in [0.15, 0.2) is 0 Å². The Labute approximate surface area is 121 Å². The largest absolute Gasteiger partial charge is 0.465 e. The van der Waals surface area contributed by atoms with Crippen LogP contribution in [0.3, 0.4) is 0 Å². The van der Waals surface area contributed by atoms with Gasteiger partial charge in [-0.1, -0.05) is 6.07 Å². The van der Waals surface area contributed by atoms with Crippen LogP contribution in [-0.4, -0.2) is 13.1 Å². The van der Waals surface area contributed by atoms with E-state index in [4.69, 9.17) is 15.3 Å². The van der Waals surface area contributed by atoms with E-state index in [1.165, 1.54) is 7.11 Å². The number of nitrogens with zero attached hydrogens (tertiary/aromatic N) is 2. The molecule has 0 aromatic heterocycles. The summed E-state index contributed by atoms with van der Waals surface area (Å²) in [6.07, 6.45) is 0. The van der Waals surface area contributed by atoms with Crippen molar-refractivity contribution in [2.75, 3.05) is 7.11 Å². The fraction of sp³-hybridized carbons (Fsp3) is 0.0625. The lowest BCUT2D eigenvalue weighted by atomic mass is 10.1. The fourth-order valence-corrected chi connectivity index (χ4v) is 1.73. The predicted molar refractivity (Wildman–Crippen MR) is 73.7 cm³/mol. The molecule has 2 rings (SSSR count). The molecule has 102 valence electrons. The van der Waals surface area contributed by atoms with Gasteiger partial charge in [-0.3, -0.25) is 0 Å². The monoisotopic (exact) mass is 278 g/mol. The highest BCUT2D eigenvalue weighted by molar-refractivity contribution is 5.89. The molecule has 5 heteroatoms. The molecular formula is C16H10N2O3. The smallest absolute Gasteiger partial charge is 0.337 e. The van der Waals surface area contributed by atoms with E-state index in [1.807, 2.05) is 12.1 Å². The minimum atomic E-state index is -0.439. The molecule has 5 nitrogen and oxygen atoms in total. The molecule has 0 amide bonds. The summed E-state index contributed by atoms with van der Waals surface area (Å²) in [5.41, 5.74) is 0.828. The zero-order valence-electron chi connectivity index (χ0n) is 11.2. The third-order valence-electron chi connectivity index (χ3n) is 2.76. The van der Waals surface area contributed by atoms with E-state index in [9.17, 15) is 4.79 Å². The summed E-state index contributed by atoms with van der Waals surface area (Å²) < 4.78 is 10.2. The van der Waals surface area contributed by atoms with Gasteiger partial charge in [0.25, 0.3) is 0 Å². The Bertz CT molecular complexity index is 753. The van der Waals surface area contributed by atoms with Gasteiger partial charge in [0.05, 0.1) is 18.2 Å². The third kappa shape index (κ3) is 2.99. The molecule has 0 atom stereocenters. The highest BCUT2D eigenvalue weighted by atomic mass is 16.5. The average Bonchev–Trinajstić information content (AvgIpc) is 2.54. The van der Waals surface area contributed by atoms with Crippen molar-refractivity contribution < 1.29 is 14.3 Å². The van der Waals surface area contributed by atoms with Gasteiger partial charge in [-0.25, -0.2) is 4.79 Å². The van der Waals surface area contributed by atoms with E-state index < -0.39 is 5.97 Å². The summed E-state index contributed by atoms with van der Waals surface area (Å²) >= 11 is 0. The van der Waals surface area contributed by atoms with Gasteiger partial charge in [-0.2, -0.15) is 10.5 Å². The van der Waals surface area contributed by atoms with E-state index in [0.717, 1.165) is 0 Å². The van der Waals surface area contributed by atoms with Crippen molar-refractivity contribution in [1.82, 2.24) is 0 Å². The second-order valence-electron chi connectivity index (χ2n) is 4.02. The molecule has 2 aromatic rings. The quantitative estimate of drug-likeness (QED) is 0.806. The number of benzene rings is 2. The van der Waals surface area contributed by atoms with Crippen LogP contribution in [0.5, 0.6) is 11.5 Å². The van der Waals surface area contributed by atoms with Crippen molar-refractivity contribution in [2.45, 2.75) is 0 Å². The van der Waals surface area contributed by atoms with Crippen LogP contribution in [0.15, 0.2) is 42.5 Å². The SMILES string of the molecule is COC(=O)c1ccc(Oc2cccc(C#N)c2C#N)cc1. The molecule has 0 fully saturated rings. The van der Waals surface area contributed by atoms with Gasteiger partial charge in [0, 0.05) is 0 Å². The highest BCUT2D eigenvalue weighted by Crippen LogP contribution is 2.27. The van der Waals surface area contributed by atoms with Crippen LogP contribution >= 0.6 is 0 Å². The summed E-state index contributed by atoms with van der Waals surface area (Å²) in [6, 6.07) is 15.0. The molecule has 0 radical (unpaired) electrons. The summed E-state index contributed by atoms with van der Waals surface area (Å²) in [7, 11) is 1.30. The van der Waals surface area contributed by atoms with Gasteiger partial charge >= 0.3 is 5.97 Å². The van der Waals surface area contributed by atoms with Gasteiger partial charge in [-0.05, 0) is 36.4 Å². The number of hydrogen-bond acceptors (Lipinski definition) is 5. The van der Waals surface area contributed by atoms with Crippen molar-refractivity contribution >= 4 is 5.97 Å². The van der Waals surface area contributed by atoms with E-state index >= 15 is 0 Å². The summed E-state index contributed by atoms with van der Waals surface area (Å²) in [6.45, 7) is 0. The van der Waals surface area contributed by atoms with E-state index in [0.29, 0.717) is 17.1 Å². The number of esters is 1. The Hall–Kier alpha value is -3.31. The van der Waals surface area contributed by atoms with Crippen molar-refractivity contribution in [1.29, 1.82) is 10.5 Å². The zero-order chi connectivity index (χ0) is 15.2. The van der Waals surface area contributed by atoms with Crippen molar-refractivity contribution in [3.05, 3.63) is 59.2 Å². The Balaban J connectivity index is 2.29. The number of hydrogen-bond donors (Lipinski definition) is 0. The molecule has 0 saturated heterocycles. The Morgan fingerprint density at radius 3 is 2.33 bits per heavy atom. The van der Waals surface area contributed by atoms with Gasteiger partial charge in [-0.15, -0.1) is 0 Å². The number of rotatable bonds is 3. The first-order valence-electron chi connectivity index (χ1n) is 5.99. The van der Waals surface area contributed by atoms with Gasteiger partial charge in [0.1, 0.15) is 29.2 Å². The van der Waals surface area contributed by atoms with Crippen LogP contribution < -0.4 is 4.74 Å². The molecule has 0 aliphatic heterocycles. The zero-order valence-corrected chi connectivity index (χ0v) is 11.2. The maximum absolute atomic E-state index is 11.3. The van der Waals surface area contributed by atoms with Crippen LogP contribution in [0.1, 0.15) is 21.5 Å². The molecule has 0 spiro atoms. The summed E-state index contributed by atoms with van der Waals surface area (Å²) in [5.74, 6) is 0.308. The Morgan fingerprint density at radius 1 is 1.05 bits per heavy atom. The molecule has 2 aromatic carbocycles. The number of ether oxygens (including phenoxy) is 2. The molecule has 0 aliphatic rings. The number of nitriles is 2. The molecule has 0 unspecified atom stereocenters. The second kappa shape index (κ2) is 6.23. The van der Waals surface area contributed by atoms with E-state index in [1.54, 1.807) is 42.5 Å². The number of carbonyl (C=O) groups excluding carboxylic acids is 1.